The van der Waals surface area contributed by atoms with Gasteiger partial charge < -0.3 is 64.8 Å². The fourth-order valence-electron chi connectivity index (χ4n) is 17.2. The van der Waals surface area contributed by atoms with Crippen LogP contribution in [0.25, 0.3) is 0 Å². The fraction of sp³-hybridized carbons (Fsp3) is 0.811. The monoisotopic (exact) mass is 1510 g/mol. The molecule has 3 N–H and O–H groups in total. The first-order valence-electron chi connectivity index (χ1n) is 38.1. The molecule has 2 bridgehead atoms. The zero-order valence-corrected chi connectivity index (χ0v) is 64.3. The van der Waals surface area contributed by atoms with E-state index in [1.165, 1.54) is 86.4 Å². The fourth-order valence-corrected chi connectivity index (χ4v) is 17.9. The average molecular weight is 1510 g/mol. The van der Waals surface area contributed by atoms with E-state index in [4.69, 9.17) is 27.9 Å². The highest BCUT2D eigenvalue weighted by atomic mass is 35.5. The lowest BCUT2D eigenvalue weighted by atomic mass is 9.78. The molecule has 12 amide bonds. The number of halogens is 5. The van der Waals surface area contributed by atoms with Gasteiger partial charge in [0, 0.05) is 79.2 Å². The van der Waals surface area contributed by atoms with Crippen molar-refractivity contribution in [1.82, 2.24) is 60.0 Å². The topological polar surface area (TPSA) is 279 Å². The van der Waals surface area contributed by atoms with Gasteiger partial charge in [-0.3, -0.25) is 57.5 Å². The highest BCUT2D eigenvalue weighted by Crippen LogP contribution is 2.44. The van der Waals surface area contributed by atoms with E-state index in [2.05, 4.69) is 16.0 Å². The molecule has 3 unspecified atom stereocenters. The van der Waals surface area contributed by atoms with Crippen LogP contribution in [0.5, 0.6) is 0 Å². The van der Waals surface area contributed by atoms with Crippen LogP contribution in [0.15, 0.2) is 12.2 Å². The maximum absolute atomic E-state index is 15.7. The van der Waals surface area contributed by atoms with Crippen LogP contribution in [0.4, 0.5) is 13.2 Å². The summed E-state index contributed by atoms with van der Waals surface area (Å²) < 4.78 is 47.8. The number of carbonyl (C=O) groups is 12. The number of alkyl halides is 5. The van der Waals surface area contributed by atoms with Crippen molar-refractivity contribution in [2.24, 2.45) is 35.5 Å². The summed E-state index contributed by atoms with van der Waals surface area (Å²) in [7, 11) is 8.62. The first kappa shape index (κ1) is 83.3. The zero-order chi connectivity index (χ0) is 76.2. The number of hydrogen-bond donors (Lipinski definition) is 3. The van der Waals surface area contributed by atoms with Crippen molar-refractivity contribution in [1.29, 1.82) is 0 Å². The molecule has 0 radical (unpaired) electrons. The van der Waals surface area contributed by atoms with Crippen LogP contribution in [-0.4, -0.2) is 281 Å². The molecule has 25 nitrogen and oxygen atoms in total. The maximum Gasteiger partial charge on any atom is 0.393 e. The molecule has 104 heavy (non-hydrogen) atoms. The SMILES string of the molecule is CC[C@H](C)[C@@H]1NC(=O)[C@H](CC(C)C)N(C)C(=O)C[C@@H](C(=O)N2CCOCC2)N(C)C(=O)[C@H](C2CCCC2)N(C)C(=O)C2(CCCC2)NC(=O)[C@@H]2CCCN2C(=O)[C@H](CCC2CCC(C(F)(F)F)C(Cl)C2)NC(=O)CN(C)C(=O)[C@H](CC2CCC(Cl)CC2)N2CC=CC[C@@H](C2=O)N(C)C(=O)CN(C)C1=O. The largest absolute Gasteiger partial charge is 0.393 e. The molecule has 0 aromatic rings. The molecular formula is C74H115Cl2F3N12O13. The second-order valence-electron chi connectivity index (χ2n) is 31.5. The van der Waals surface area contributed by atoms with E-state index in [1.807, 2.05) is 20.8 Å². The Hall–Kier alpha value is -6.29. The van der Waals surface area contributed by atoms with E-state index in [0.29, 0.717) is 64.2 Å². The Morgan fingerprint density at radius 1 is 0.635 bits per heavy atom. The lowest BCUT2D eigenvalue weighted by Crippen LogP contribution is -2.65. The predicted molar refractivity (Wildman–Crippen MR) is 384 cm³/mol. The summed E-state index contributed by atoms with van der Waals surface area (Å²) in [6, 6.07) is -9.95. The molecule has 0 aromatic heterocycles. The summed E-state index contributed by atoms with van der Waals surface area (Å²) in [6.45, 7) is 6.88. The minimum absolute atomic E-state index is 0.0104. The van der Waals surface area contributed by atoms with Crippen LogP contribution in [-0.2, 0) is 62.3 Å². The van der Waals surface area contributed by atoms with Crippen LogP contribution in [0.3, 0.4) is 0 Å². The number of nitrogens with zero attached hydrogens (tertiary/aromatic N) is 9. The molecule has 8 aliphatic rings. The lowest BCUT2D eigenvalue weighted by molar-refractivity contribution is -0.182. The zero-order valence-electron chi connectivity index (χ0n) is 62.7. The van der Waals surface area contributed by atoms with Gasteiger partial charge in [0.15, 0.2) is 0 Å². The smallest absolute Gasteiger partial charge is 0.378 e. The Morgan fingerprint density at radius 3 is 1.90 bits per heavy atom. The summed E-state index contributed by atoms with van der Waals surface area (Å²) in [5, 5.41) is 7.55. The normalized spacial score (nSPS) is 31.8. The minimum Gasteiger partial charge on any atom is -0.378 e. The highest BCUT2D eigenvalue weighted by molar-refractivity contribution is 6.21. The number of hydrogen-bond acceptors (Lipinski definition) is 13. The highest BCUT2D eigenvalue weighted by Gasteiger charge is 2.53. The van der Waals surface area contributed by atoms with Gasteiger partial charge in [0.25, 0.3) is 0 Å². The van der Waals surface area contributed by atoms with Gasteiger partial charge in [-0.15, -0.1) is 23.2 Å². The Bertz CT molecular complexity index is 3110. The molecule has 3 saturated heterocycles. The third-order valence-electron chi connectivity index (χ3n) is 23.9. The van der Waals surface area contributed by atoms with E-state index in [1.54, 1.807) is 19.1 Å². The van der Waals surface area contributed by atoms with Gasteiger partial charge >= 0.3 is 6.18 Å². The number of amides is 12. The van der Waals surface area contributed by atoms with Crippen molar-refractivity contribution in [2.75, 3.05) is 94.8 Å². The quantitative estimate of drug-likeness (QED) is 0.162. The third kappa shape index (κ3) is 20.3. The number of carbonyl (C=O) groups excluding carboxylic acids is 12. The molecule has 12 atom stereocenters. The number of morpholine rings is 1. The molecular weight excluding hydrogens is 1390 g/mol. The van der Waals surface area contributed by atoms with E-state index < -0.39 is 174 Å². The predicted octanol–water partition coefficient (Wildman–Crippen LogP) is 5.86. The van der Waals surface area contributed by atoms with Gasteiger partial charge in [-0.05, 0) is 145 Å². The Balaban J connectivity index is 1.18. The molecule has 30 heteroatoms. The van der Waals surface area contributed by atoms with E-state index in [9.17, 15) is 32.3 Å². The Morgan fingerprint density at radius 2 is 1.28 bits per heavy atom. The molecule has 0 aromatic carbocycles. The maximum atomic E-state index is 15.7. The molecule has 584 valence electrons. The molecule has 4 saturated carbocycles. The van der Waals surface area contributed by atoms with Gasteiger partial charge in [0.1, 0.15) is 53.9 Å². The van der Waals surface area contributed by atoms with Crippen molar-refractivity contribution in [3.63, 3.8) is 0 Å². The molecule has 7 fully saturated rings. The van der Waals surface area contributed by atoms with Crippen molar-refractivity contribution >= 4 is 94.1 Å². The summed E-state index contributed by atoms with van der Waals surface area (Å²) in [5.41, 5.74) is -1.57. The average Bonchev–Trinajstić information content (AvgIpc) is 1.46. The third-order valence-corrected chi connectivity index (χ3v) is 24.8. The molecule has 1 spiro atoms. The van der Waals surface area contributed by atoms with E-state index >= 15 is 38.4 Å². The van der Waals surface area contributed by atoms with Crippen molar-refractivity contribution in [2.45, 2.75) is 253 Å². The summed E-state index contributed by atoms with van der Waals surface area (Å²) in [6.07, 6.45) is 6.09. The Kier molecular flexibility index (Phi) is 29.7. The van der Waals surface area contributed by atoms with Gasteiger partial charge in [0.05, 0.1) is 38.6 Å². The van der Waals surface area contributed by atoms with Crippen LogP contribution < -0.4 is 16.0 Å². The van der Waals surface area contributed by atoms with Crippen LogP contribution >= 0.6 is 23.2 Å². The standard InChI is InChI=1S/C74H115Cl2F3N12O13/c1-11-46(4)62-70(101)84(6)44-61(94)85(7)55-21-14-17-33-91(69(55)100)58(41-48-23-27-50(75)28-24-48)67(98)83(5)43-59(92)80-53(30-26-47-25-29-51(52(76)40-47)74(77,78)79)66(97)90-34-18-22-54(90)65(96)82-73(31-15-16-32-73)72(103)88(10)63(49-19-12-13-20-49)71(102)87(9)57(68(99)89-35-37-104-38-36-89)42-60(93)86(8)56(39-45(2)3)64(95)81-62/h14,17,45-58,62-63H,11-13,15-16,18-44H2,1-10H3,(H,80,92)(H,81,95)(H,82,96)/t46-,47?,48?,50?,51?,52?,53-,54-,55-,56-,57-,58-,62-,63-/m0/s1. The van der Waals surface area contributed by atoms with Gasteiger partial charge in [0.2, 0.25) is 70.9 Å². The van der Waals surface area contributed by atoms with Crippen LogP contribution in [0, 0.1) is 35.5 Å². The number of ether oxygens (including phenoxy) is 1. The van der Waals surface area contributed by atoms with Gasteiger partial charge in [-0.25, -0.2) is 0 Å². The number of nitrogens with one attached hydrogen (secondary N) is 3. The summed E-state index contributed by atoms with van der Waals surface area (Å²) in [5.74, 6) is -10.9. The number of fused-ring (bicyclic) bond motifs is 3. The number of rotatable bonds is 11. The second kappa shape index (κ2) is 37.0. The van der Waals surface area contributed by atoms with Crippen molar-refractivity contribution in [3.05, 3.63) is 12.2 Å². The van der Waals surface area contributed by atoms with Gasteiger partial charge in [-0.2, -0.15) is 13.2 Å². The van der Waals surface area contributed by atoms with Crippen LogP contribution in [0.2, 0.25) is 0 Å². The van der Waals surface area contributed by atoms with Crippen molar-refractivity contribution in [3.8, 4) is 0 Å². The minimum atomic E-state index is -4.52. The lowest BCUT2D eigenvalue weighted by Gasteiger charge is -2.42. The molecule has 8 rings (SSSR count). The second-order valence-corrected chi connectivity index (χ2v) is 32.7. The van der Waals surface area contributed by atoms with Crippen LogP contribution in [0.1, 0.15) is 182 Å². The summed E-state index contributed by atoms with van der Waals surface area (Å²) in [4.78, 5) is 194. The van der Waals surface area contributed by atoms with Crippen molar-refractivity contribution < 1.29 is 75.4 Å². The van der Waals surface area contributed by atoms with E-state index in [-0.39, 0.29) is 133 Å². The first-order chi connectivity index (χ1) is 49.2. The summed E-state index contributed by atoms with van der Waals surface area (Å²) >= 11 is 13.0. The Labute approximate surface area is 621 Å². The molecule has 4 aliphatic heterocycles. The molecule has 4 heterocycles. The first-order valence-corrected chi connectivity index (χ1v) is 39.0. The van der Waals surface area contributed by atoms with E-state index in [0.717, 1.165) is 12.8 Å². The number of likely N-dealkylation sites (N-methyl/N-ethyl adjacent to an activating group) is 6. The van der Waals surface area contributed by atoms with Gasteiger partial charge in [-0.1, -0.05) is 72.0 Å². The molecule has 4 aliphatic carbocycles.